The van der Waals surface area contributed by atoms with Crippen LogP contribution in [0.25, 0.3) is 0 Å². The van der Waals surface area contributed by atoms with Gasteiger partial charge in [-0.3, -0.25) is 10.1 Å². The van der Waals surface area contributed by atoms with Gasteiger partial charge in [-0.1, -0.05) is 0 Å². The van der Waals surface area contributed by atoms with Crippen LogP contribution in [0, 0.1) is 16.0 Å². The second kappa shape index (κ2) is 7.09. The van der Waals surface area contributed by atoms with Gasteiger partial charge in [0.2, 0.25) is 0 Å². The molecular weight excluding hydrogens is 260 g/mol. The molecule has 2 rings (SSSR count). The lowest BCUT2D eigenvalue weighted by molar-refractivity contribution is -0.385. The first-order valence-electron chi connectivity index (χ1n) is 6.93. The Morgan fingerprint density at radius 3 is 3.05 bits per heavy atom. The Morgan fingerprint density at radius 2 is 2.40 bits per heavy atom. The van der Waals surface area contributed by atoms with Gasteiger partial charge in [0.05, 0.1) is 11.5 Å². The molecule has 1 heterocycles. The minimum Gasteiger partial charge on any atom is -0.487 e. The van der Waals surface area contributed by atoms with Crippen LogP contribution in [-0.2, 0) is 4.74 Å². The average molecular weight is 280 g/mol. The van der Waals surface area contributed by atoms with Gasteiger partial charge in [0.25, 0.3) is 0 Å². The molecule has 1 aromatic carbocycles. The van der Waals surface area contributed by atoms with E-state index in [0.717, 1.165) is 38.3 Å². The third-order valence-corrected chi connectivity index (χ3v) is 3.36. The van der Waals surface area contributed by atoms with Gasteiger partial charge < -0.3 is 14.8 Å². The predicted octanol–water partition coefficient (Wildman–Crippen LogP) is 2.83. The molecule has 1 aliphatic rings. The Kier molecular flexibility index (Phi) is 5.17. The fourth-order valence-corrected chi connectivity index (χ4v) is 2.28. The molecular formula is C14H20N2O4. The van der Waals surface area contributed by atoms with Crippen molar-refractivity contribution < 1.29 is 14.4 Å². The number of rotatable bonds is 7. The standard InChI is InChI=1S/C14H20N2O4/c1-2-20-14-9-12(3-4-13(14)16(17)18)15-7-5-11-6-8-19-10-11/h3-4,9,11,15H,2,5-8,10H2,1H3. The number of nitro benzene ring substituents is 1. The number of hydrogen-bond acceptors (Lipinski definition) is 5. The van der Waals surface area contributed by atoms with Crippen molar-refractivity contribution in [3.8, 4) is 5.75 Å². The summed E-state index contributed by atoms with van der Waals surface area (Å²) >= 11 is 0. The zero-order valence-electron chi connectivity index (χ0n) is 11.6. The van der Waals surface area contributed by atoms with Gasteiger partial charge in [-0.15, -0.1) is 0 Å². The fraction of sp³-hybridized carbons (Fsp3) is 0.571. The molecule has 0 aromatic heterocycles. The number of hydrogen-bond donors (Lipinski definition) is 1. The summed E-state index contributed by atoms with van der Waals surface area (Å²) in [6.07, 6.45) is 2.16. The van der Waals surface area contributed by atoms with Crippen molar-refractivity contribution in [1.29, 1.82) is 0 Å². The van der Waals surface area contributed by atoms with Crippen molar-refractivity contribution >= 4 is 11.4 Å². The Balaban J connectivity index is 1.93. The zero-order chi connectivity index (χ0) is 14.4. The van der Waals surface area contributed by atoms with E-state index in [1.54, 1.807) is 12.1 Å². The molecule has 0 amide bonds. The molecule has 0 saturated carbocycles. The summed E-state index contributed by atoms with van der Waals surface area (Å²) in [5, 5.41) is 14.2. The van der Waals surface area contributed by atoms with Crippen LogP contribution in [0.15, 0.2) is 18.2 Å². The lowest BCUT2D eigenvalue weighted by Crippen LogP contribution is -2.09. The highest BCUT2D eigenvalue weighted by atomic mass is 16.6. The molecule has 20 heavy (non-hydrogen) atoms. The topological polar surface area (TPSA) is 73.6 Å². The van der Waals surface area contributed by atoms with Gasteiger partial charge in [0.15, 0.2) is 5.75 Å². The Labute approximate surface area is 118 Å². The van der Waals surface area contributed by atoms with Gasteiger partial charge in [-0.05, 0) is 31.7 Å². The summed E-state index contributed by atoms with van der Waals surface area (Å²) in [7, 11) is 0. The fourth-order valence-electron chi connectivity index (χ4n) is 2.28. The van der Waals surface area contributed by atoms with Crippen LogP contribution in [-0.4, -0.2) is 31.3 Å². The highest BCUT2D eigenvalue weighted by molar-refractivity contribution is 5.57. The van der Waals surface area contributed by atoms with Gasteiger partial charge in [-0.25, -0.2) is 0 Å². The second-order valence-electron chi connectivity index (χ2n) is 4.82. The predicted molar refractivity (Wildman–Crippen MR) is 76.3 cm³/mol. The molecule has 6 heteroatoms. The van der Waals surface area contributed by atoms with E-state index in [1.165, 1.54) is 6.07 Å². The van der Waals surface area contributed by atoms with Crippen LogP contribution in [0.3, 0.4) is 0 Å². The van der Waals surface area contributed by atoms with Crippen molar-refractivity contribution in [3.63, 3.8) is 0 Å². The third kappa shape index (κ3) is 3.84. The Bertz CT molecular complexity index is 458. The van der Waals surface area contributed by atoms with Crippen molar-refractivity contribution in [2.45, 2.75) is 19.8 Å². The number of anilines is 1. The number of benzene rings is 1. The van der Waals surface area contributed by atoms with Crippen molar-refractivity contribution in [2.24, 2.45) is 5.92 Å². The molecule has 1 aromatic rings. The molecule has 1 saturated heterocycles. The van der Waals surface area contributed by atoms with E-state index in [9.17, 15) is 10.1 Å². The maximum absolute atomic E-state index is 10.9. The minimum absolute atomic E-state index is 0.00147. The average Bonchev–Trinajstić information content (AvgIpc) is 2.92. The van der Waals surface area contributed by atoms with E-state index in [2.05, 4.69) is 5.32 Å². The first kappa shape index (κ1) is 14.6. The molecule has 0 aliphatic carbocycles. The van der Waals surface area contributed by atoms with Crippen LogP contribution in [0.5, 0.6) is 5.75 Å². The molecule has 0 spiro atoms. The molecule has 1 fully saturated rings. The Hall–Kier alpha value is -1.82. The summed E-state index contributed by atoms with van der Waals surface area (Å²) in [6.45, 7) is 4.74. The van der Waals surface area contributed by atoms with Crippen LogP contribution in [0.4, 0.5) is 11.4 Å². The van der Waals surface area contributed by atoms with Crippen molar-refractivity contribution in [3.05, 3.63) is 28.3 Å². The largest absolute Gasteiger partial charge is 0.487 e. The molecule has 110 valence electrons. The molecule has 0 bridgehead atoms. The van der Waals surface area contributed by atoms with E-state index in [-0.39, 0.29) is 5.69 Å². The number of nitro groups is 1. The molecule has 0 radical (unpaired) electrons. The van der Waals surface area contributed by atoms with Crippen LogP contribution in [0.2, 0.25) is 0 Å². The summed E-state index contributed by atoms with van der Waals surface area (Å²) < 4.78 is 10.6. The summed E-state index contributed by atoms with van der Waals surface area (Å²) in [5.41, 5.74) is 0.847. The van der Waals surface area contributed by atoms with Gasteiger partial charge >= 0.3 is 5.69 Å². The lowest BCUT2D eigenvalue weighted by atomic mass is 10.1. The van der Waals surface area contributed by atoms with Gasteiger partial charge in [-0.2, -0.15) is 0 Å². The molecule has 1 unspecified atom stereocenters. The second-order valence-corrected chi connectivity index (χ2v) is 4.82. The van der Waals surface area contributed by atoms with Crippen LogP contribution < -0.4 is 10.1 Å². The highest BCUT2D eigenvalue weighted by Crippen LogP contribution is 2.30. The maximum Gasteiger partial charge on any atom is 0.311 e. The number of nitrogens with one attached hydrogen (secondary N) is 1. The minimum atomic E-state index is -0.426. The van der Waals surface area contributed by atoms with Crippen molar-refractivity contribution in [2.75, 3.05) is 31.7 Å². The first-order valence-corrected chi connectivity index (χ1v) is 6.93. The van der Waals surface area contributed by atoms with Crippen LogP contribution in [0.1, 0.15) is 19.8 Å². The summed E-state index contributed by atoms with van der Waals surface area (Å²) in [4.78, 5) is 10.5. The smallest absolute Gasteiger partial charge is 0.311 e. The van der Waals surface area contributed by atoms with Gasteiger partial charge in [0.1, 0.15) is 0 Å². The quantitative estimate of drug-likeness (QED) is 0.614. The van der Waals surface area contributed by atoms with E-state index >= 15 is 0 Å². The lowest BCUT2D eigenvalue weighted by Gasteiger charge is -2.11. The molecule has 6 nitrogen and oxygen atoms in total. The van der Waals surface area contributed by atoms with Crippen LogP contribution >= 0.6 is 0 Å². The van der Waals surface area contributed by atoms with Gasteiger partial charge in [0, 0.05) is 37.6 Å². The Morgan fingerprint density at radius 1 is 1.55 bits per heavy atom. The monoisotopic (exact) mass is 280 g/mol. The normalized spacial score (nSPS) is 17.9. The summed E-state index contributed by atoms with van der Waals surface area (Å²) in [6, 6.07) is 4.88. The third-order valence-electron chi connectivity index (χ3n) is 3.36. The van der Waals surface area contributed by atoms with E-state index in [1.807, 2.05) is 6.92 Å². The molecule has 1 aliphatic heterocycles. The number of nitrogens with zero attached hydrogens (tertiary/aromatic N) is 1. The molecule has 1 atom stereocenters. The van der Waals surface area contributed by atoms with E-state index < -0.39 is 4.92 Å². The maximum atomic E-state index is 10.9. The van der Waals surface area contributed by atoms with E-state index in [0.29, 0.717) is 18.3 Å². The SMILES string of the molecule is CCOc1cc(NCCC2CCOC2)ccc1[N+](=O)[O-]. The van der Waals surface area contributed by atoms with E-state index in [4.69, 9.17) is 9.47 Å². The number of ether oxygens (including phenoxy) is 2. The zero-order valence-corrected chi connectivity index (χ0v) is 11.6. The first-order chi connectivity index (χ1) is 9.70. The summed E-state index contributed by atoms with van der Waals surface area (Å²) in [5.74, 6) is 0.929. The highest BCUT2D eigenvalue weighted by Gasteiger charge is 2.17. The molecule has 1 N–H and O–H groups in total. The van der Waals surface area contributed by atoms with Crippen molar-refractivity contribution in [1.82, 2.24) is 0 Å².